The van der Waals surface area contributed by atoms with E-state index in [1.165, 1.54) is 0 Å². The Morgan fingerprint density at radius 2 is 2.04 bits per heavy atom. The lowest BCUT2D eigenvalue weighted by Gasteiger charge is -2.15. The van der Waals surface area contributed by atoms with Gasteiger partial charge in [0.2, 0.25) is 0 Å². The fraction of sp³-hybridized carbons (Fsp3) is 0.316. The van der Waals surface area contributed by atoms with Gasteiger partial charge >= 0.3 is 5.97 Å². The number of benzene rings is 1. The fourth-order valence-corrected chi connectivity index (χ4v) is 2.74. The first-order valence-electron chi connectivity index (χ1n) is 8.43. The maximum absolute atomic E-state index is 12.5. The summed E-state index contributed by atoms with van der Waals surface area (Å²) in [5.74, 6) is -0.106. The number of nitrogens with zero attached hydrogens (tertiary/aromatic N) is 1. The van der Waals surface area contributed by atoms with Gasteiger partial charge in [0.1, 0.15) is 5.76 Å². The first-order valence-corrected chi connectivity index (χ1v) is 8.43. The Bertz CT molecular complexity index is 970. The number of fused-ring (bicyclic) bond motifs is 1. The molecule has 7 nitrogen and oxygen atoms in total. The number of carbonyl (C=O) groups is 2. The lowest BCUT2D eigenvalue weighted by atomic mass is 10.1. The Morgan fingerprint density at radius 1 is 1.27 bits per heavy atom. The molecule has 0 fully saturated rings. The van der Waals surface area contributed by atoms with Gasteiger partial charge in [0.05, 0.1) is 5.56 Å². The van der Waals surface area contributed by atoms with Crippen molar-refractivity contribution < 1.29 is 18.8 Å². The number of rotatable bonds is 5. The number of amides is 1. The molecule has 7 heteroatoms. The average Bonchev–Trinajstić information content (AvgIpc) is 3.15. The van der Waals surface area contributed by atoms with Crippen LogP contribution in [0.3, 0.4) is 0 Å². The van der Waals surface area contributed by atoms with Gasteiger partial charge in [-0.1, -0.05) is 12.1 Å². The minimum atomic E-state index is -0.913. The number of aryl methyl sites for hydroxylation is 3. The summed E-state index contributed by atoms with van der Waals surface area (Å²) in [7, 11) is 0. The van der Waals surface area contributed by atoms with Crippen LogP contribution in [-0.2, 0) is 9.53 Å². The highest BCUT2D eigenvalue weighted by atomic mass is 16.5. The largest absolute Gasteiger partial charge is 0.449 e. The van der Waals surface area contributed by atoms with E-state index < -0.39 is 18.0 Å². The monoisotopic (exact) mass is 355 g/mol. The highest BCUT2D eigenvalue weighted by Gasteiger charge is 2.23. The number of aromatic amines is 1. The van der Waals surface area contributed by atoms with E-state index in [-0.39, 0.29) is 0 Å². The van der Waals surface area contributed by atoms with Crippen LogP contribution >= 0.6 is 0 Å². The van der Waals surface area contributed by atoms with Crippen molar-refractivity contribution in [1.82, 2.24) is 10.1 Å². The molecule has 26 heavy (non-hydrogen) atoms. The topological polar surface area (TPSA) is 97.2 Å². The van der Waals surface area contributed by atoms with Crippen LogP contribution in [0.5, 0.6) is 0 Å². The number of esters is 1. The molecule has 2 aromatic heterocycles. The molecule has 1 amide bonds. The zero-order valence-corrected chi connectivity index (χ0v) is 15.2. The number of hydrogen-bond donors (Lipinski definition) is 2. The van der Waals surface area contributed by atoms with Gasteiger partial charge in [0, 0.05) is 22.7 Å². The SMILES string of the molecule is CCC(OC(=O)c1ccc2[nH]c(C)c(C)c2c1)C(=O)Nc1cc(C)on1. The summed E-state index contributed by atoms with van der Waals surface area (Å²) >= 11 is 0. The van der Waals surface area contributed by atoms with Crippen LogP contribution in [-0.4, -0.2) is 28.1 Å². The van der Waals surface area contributed by atoms with Gasteiger partial charge in [-0.2, -0.15) is 0 Å². The van der Waals surface area contributed by atoms with Crippen LogP contribution in [0.1, 0.15) is 40.7 Å². The molecular weight excluding hydrogens is 334 g/mol. The quantitative estimate of drug-likeness (QED) is 0.681. The van der Waals surface area contributed by atoms with Gasteiger partial charge in [-0.3, -0.25) is 4.79 Å². The molecule has 1 unspecified atom stereocenters. The van der Waals surface area contributed by atoms with Gasteiger partial charge < -0.3 is 19.6 Å². The molecule has 0 spiro atoms. The van der Waals surface area contributed by atoms with Crippen molar-refractivity contribution >= 4 is 28.6 Å². The second kappa shape index (κ2) is 7.03. The third kappa shape index (κ3) is 3.46. The Morgan fingerprint density at radius 3 is 2.69 bits per heavy atom. The number of carbonyl (C=O) groups excluding carboxylic acids is 2. The molecule has 1 atom stereocenters. The Kier molecular flexibility index (Phi) is 4.79. The molecular formula is C19H21N3O4. The molecule has 1 aromatic carbocycles. The van der Waals surface area contributed by atoms with E-state index >= 15 is 0 Å². The van der Waals surface area contributed by atoms with E-state index in [0.29, 0.717) is 23.6 Å². The second-order valence-corrected chi connectivity index (χ2v) is 6.25. The van der Waals surface area contributed by atoms with Crippen molar-refractivity contribution in [3.8, 4) is 0 Å². The molecule has 0 saturated heterocycles. The van der Waals surface area contributed by atoms with Crippen LogP contribution in [0.4, 0.5) is 5.82 Å². The minimum Gasteiger partial charge on any atom is -0.449 e. The number of nitrogens with one attached hydrogen (secondary N) is 2. The van der Waals surface area contributed by atoms with Gasteiger partial charge in [0.25, 0.3) is 5.91 Å². The molecule has 0 aliphatic heterocycles. The second-order valence-electron chi connectivity index (χ2n) is 6.25. The minimum absolute atomic E-state index is 0.293. The van der Waals surface area contributed by atoms with E-state index in [2.05, 4.69) is 15.5 Å². The predicted molar refractivity (Wildman–Crippen MR) is 97.1 cm³/mol. The normalized spacial score (nSPS) is 12.2. The van der Waals surface area contributed by atoms with E-state index in [0.717, 1.165) is 22.2 Å². The smallest absolute Gasteiger partial charge is 0.338 e. The summed E-state index contributed by atoms with van der Waals surface area (Å²) in [4.78, 5) is 28.1. The first kappa shape index (κ1) is 17.7. The highest BCUT2D eigenvalue weighted by Crippen LogP contribution is 2.23. The zero-order chi connectivity index (χ0) is 18.8. The lowest BCUT2D eigenvalue weighted by molar-refractivity contribution is -0.124. The van der Waals surface area contributed by atoms with Gasteiger partial charge in [-0.05, 0) is 51.0 Å². The fourth-order valence-electron chi connectivity index (χ4n) is 2.74. The molecule has 3 rings (SSSR count). The number of ether oxygens (including phenoxy) is 1. The molecule has 0 saturated carbocycles. The summed E-state index contributed by atoms with van der Waals surface area (Å²) in [6.45, 7) is 7.47. The third-order valence-corrected chi connectivity index (χ3v) is 4.34. The Balaban J connectivity index is 1.74. The van der Waals surface area contributed by atoms with Crippen molar-refractivity contribution in [3.05, 3.63) is 46.8 Å². The van der Waals surface area contributed by atoms with Crippen LogP contribution in [0.2, 0.25) is 0 Å². The molecule has 0 bridgehead atoms. The third-order valence-electron chi connectivity index (χ3n) is 4.34. The lowest BCUT2D eigenvalue weighted by Crippen LogP contribution is -2.32. The van der Waals surface area contributed by atoms with Crippen molar-refractivity contribution in [2.45, 2.75) is 40.2 Å². The van der Waals surface area contributed by atoms with E-state index in [1.807, 2.05) is 19.9 Å². The van der Waals surface area contributed by atoms with Gasteiger partial charge in [0.15, 0.2) is 11.9 Å². The number of anilines is 1. The van der Waals surface area contributed by atoms with Crippen molar-refractivity contribution in [3.63, 3.8) is 0 Å². The zero-order valence-electron chi connectivity index (χ0n) is 15.2. The number of H-pyrrole nitrogens is 1. The van der Waals surface area contributed by atoms with Crippen molar-refractivity contribution in [1.29, 1.82) is 0 Å². The maximum atomic E-state index is 12.5. The van der Waals surface area contributed by atoms with E-state index in [9.17, 15) is 9.59 Å². The van der Waals surface area contributed by atoms with Crippen LogP contribution in [0.25, 0.3) is 10.9 Å². The maximum Gasteiger partial charge on any atom is 0.338 e. The summed E-state index contributed by atoms with van der Waals surface area (Å²) in [6, 6.07) is 6.90. The molecule has 2 heterocycles. The van der Waals surface area contributed by atoms with Gasteiger partial charge in [-0.25, -0.2) is 4.79 Å². The molecule has 2 N–H and O–H groups in total. The van der Waals surface area contributed by atoms with Crippen LogP contribution in [0.15, 0.2) is 28.8 Å². The summed E-state index contributed by atoms with van der Waals surface area (Å²) in [5.41, 5.74) is 3.51. The number of aromatic nitrogens is 2. The summed E-state index contributed by atoms with van der Waals surface area (Å²) in [5, 5.41) is 7.26. The summed E-state index contributed by atoms with van der Waals surface area (Å²) < 4.78 is 10.3. The van der Waals surface area contributed by atoms with E-state index in [1.54, 1.807) is 32.0 Å². The molecule has 136 valence electrons. The first-order chi connectivity index (χ1) is 12.4. The number of hydrogen-bond acceptors (Lipinski definition) is 5. The Labute approximate surface area is 150 Å². The molecule has 3 aromatic rings. The standard InChI is InChI=1S/C19H21N3O4/c1-5-16(18(23)21-17-8-10(2)26-22-17)25-19(24)13-6-7-15-14(9-13)11(3)12(4)20-15/h6-9,16,20H,5H2,1-4H3,(H,21,22,23). The summed E-state index contributed by atoms with van der Waals surface area (Å²) in [6.07, 6.45) is -0.567. The molecule has 0 aliphatic carbocycles. The highest BCUT2D eigenvalue weighted by molar-refractivity contribution is 5.99. The van der Waals surface area contributed by atoms with Crippen molar-refractivity contribution in [2.75, 3.05) is 5.32 Å². The van der Waals surface area contributed by atoms with Gasteiger partial charge in [-0.15, -0.1) is 0 Å². The Hall–Kier alpha value is -3.09. The van der Waals surface area contributed by atoms with Crippen molar-refractivity contribution in [2.24, 2.45) is 0 Å². The molecule has 0 radical (unpaired) electrons. The predicted octanol–water partition coefficient (Wildman–Crippen LogP) is 3.66. The molecule has 0 aliphatic rings. The van der Waals surface area contributed by atoms with Crippen LogP contribution < -0.4 is 5.32 Å². The van der Waals surface area contributed by atoms with Crippen LogP contribution in [0, 0.1) is 20.8 Å². The van der Waals surface area contributed by atoms with E-state index in [4.69, 9.17) is 9.26 Å². The average molecular weight is 355 g/mol.